The number of hydrogen-bond acceptors (Lipinski definition) is 4. The van der Waals surface area contributed by atoms with Crippen molar-refractivity contribution in [3.63, 3.8) is 0 Å². The Morgan fingerprint density at radius 3 is 1.38 bits per heavy atom. The minimum absolute atomic E-state index is 0.251. The van der Waals surface area contributed by atoms with E-state index in [0.717, 1.165) is 22.6 Å². The first-order valence-corrected chi connectivity index (χ1v) is 6.86. The van der Waals surface area contributed by atoms with Crippen LogP contribution in [0.25, 0.3) is 0 Å². The molecule has 112 valence electrons. The summed E-state index contributed by atoms with van der Waals surface area (Å²) < 4.78 is 10.4. The fourth-order valence-corrected chi connectivity index (χ4v) is 2.43. The molecule has 2 aromatic rings. The Bertz CT molecular complexity index is 529. The zero-order chi connectivity index (χ0) is 15.5. The van der Waals surface area contributed by atoms with Crippen molar-refractivity contribution in [3.8, 4) is 11.5 Å². The lowest BCUT2D eigenvalue weighted by molar-refractivity contribution is 0.410. The summed E-state index contributed by atoms with van der Waals surface area (Å²) in [7, 11) is 3.28. The highest BCUT2D eigenvalue weighted by atomic mass is 16.5. The number of nitrogens with two attached hydrogens (primary N) is 2. The van der Waals surface area contributed by atoms with Gasteiger partial charge < -0.3 is 20.9 Å². The van der Waals surface area contributed by atoms with E-state index < -0.39 is 5.54 Å². The van der Waals surface area contributed by atoms with E-state index in [1.807, 2.05) is 55.5 Å². The van der Waals surface area contributed by atoms with Crippen LogP contribution >= 0.6 is 0 Å². The first-order valence-electron chi connectivity index (χ1n) is 6.86. The van der Waals surface area contributed by atoms with Crippen LogP contribution in [0.15, 0.2) is 48.5 Å². The first kappa shape index (κ1) is 15.4. The van der Waals surface area contributed by atoms with Crippen LogP contribution in [-0.2, 0) is 5.54 Å². The first-order chi connectivity index (χ1) is 10.0. The molecule has 4 heteroatoms. The number of methoxy groups -OCH3 is 2. The van der Waals surface area contributed by atoms with Crippen LogP contribution in [0.1, 0.15) is 18.1 Å². The molecule has 0 radical (unpaired) electrons. The molecule has 4 nitrogen and oxygen atoms in total. The van der Waals surface area contributed by atoms with E-state index in [1.165, 1.54) is 0 Å². The Labute approximate surface area is 125 Å². The molecule has 0 spiro atoms. The Morgan fingerprint density at radius 1 is 0.810 bits per heavy atom. The fraction of sp³-hybridized carbons (Fsp3) is 0.294. The zero-order valence-corrected chi connectivity index (χ0v) is 12.7. The third-order valence-electron chi connectivity index (χ3n) is 3.85. The molecule has 0 saturated heterocycles. The quantitative estimate of drug-likeness (QED) is 0.884. The van der Waals surface area contributed by atoms with Crippen molar-refractivity contribution < 1.29 is 9.47 Å². The second-order valence-electron chi connectivity index (χ2n) is 5.11. The lowest BCUT2D eigenvalue weighted by Crippen LogP contribution is -2.51. The van der Waals surface area contributed by atoms with Gasteiger partial charge in [-0.25, -0.2) is 0 Å². The van der Waals surface area contributed by atoms with Crippen LogP contribution in [0.2, 0.25) is 0 Å². The second kappa shape index (κ2) is 6.16. The van der Waals surface area contributed by atoms with E-state index in [0.29, 0.717) is 0 Å². The Balaban J connectivity index is 2.47. The van der Waals surface area contributed by atoms with E-state index in [9.17, 15) is 0 Å². The summed E-state index contributed by atoms with van der Waals surface area (Å²) in [6, 6.07) is 15.1. The standard InChI is InChI=1S/C17H22N2O2/c1-12(18)17(19,13-4-8-15(20-2)9-5-13)14-6-10-16(21-3)11-7-14/h4-12H,18-19H2,1-3H3/t12-/m0/s1. The molecule has 0 aromatic heterocycles. The molecular formula is C17H22N2O2. The van der Waals surface area contributed by atoms with Gasteiger partial charge in [0.15, 0.2) is 0 Å². The highest BCUT2D eigenvalue weighted by Crippen LogP contribution is 2.31. The normalized spacial score (nSPS) is 12.8. The van der Waals surface area contributed by atoms with Crippen LogP contribution in [0.3, 0.4) is 0 Å². The minimum atomic E-state index is -0.765. The van der Waals surface area contributed by atoms with Crippen molar-refractivity contribution in [1.29, 1.82) is 0 Å². The topological polar surface area (TPSA) is 70.5 Å². The molecule has 0 aliphatic carbocycles. The number of hydrogen-bond donors (Lipinski definition) is 2. The summed E-state index contributed by atoms with van der Waals surface area (Å²) in [5.74, 6) is 1.58. The largest absolute Gasteiger partial charge is 0.497 e. The van der Waals surface area contributed by atoms with Crippen LogP contribution in [0.5, 0.6) is 11.5 Å². The second-order valence-corrected chi connectivity index (χ2v) is 5.11. The summed E-state index contributed by atoms with van der Waals surface area (Å²) >= 11 is 0. The molecule has 1 atom stereocenters. The molecule has 2 aromatic carbocycles. The molecule has 0 aliphatic heterocycles. The highest BCUT2D eigenvalue weighted by molar-refractivity contribution is 5.43. The molecule has 0 unspecified atom stereocenters. The van der Waals surface area contributed by atoms with Crippen molar-refractivity contribution in [3.05, 3.63) is 59.7 Å². The van der Waals surface area contributed by atoms with Crippen LogP contribution in [0, 0.1) is 0 Å². The molecule has 21 heavy (non-hydrogen) atoms. The van der Waals surface area contributed by atoms with Gasteiger partial charge in [0.25, 0.3) is 0 Å². The molecule has 0 bridgehead atoms. The van der Waals surface area contributed by atoms with Gasteiger partial charge in [-0.05, 0) is 42.3 Å². The smallest absolute Gasteiger partial charge is 0.118 e. The fourth-order valence-electron chi connectivity index (χ4n) is 2.43. The summed E-state index contributed by atoms with van der Waals surface area (Å²) in [6.45, 7) is 1.91. The molecule has 4 N–H and O–H groups in total. The Morgan fingerprint density at radius 2 is 1.14 bits per heavy atom. The van der Waals surface area contributed by atoms with Gasteiger partial charge in [-0.1, -0.05) is 24.3 Å². The molecular weight excluding hydrogens is 264 g/mol. The maximum Gasteiger partial charge on any atom is 0.118 e. The average molecular weight is 286 g/mol. The molecule has 0 aliphatic rings. The van der Waals surface area contributed by atoms with E-state index in [2.05, 4.69) is 0 Å². The molecule has 0 amide bonds. The van der Waals surface area contributed by atoms with Gasteiger partial charge in [-0.3, -0.25) is 0 Å². The summed E-state index contributed by atoms with van der Waals surface area (Å²) in [5.41, 5.74) is 14.0. The van der Waals surface area contributed by atoms with Crippen LogP contribution < -0.4 is 20.9 Å². The van der Waals surface area contributed by atoms with Gasteiger partial charge in [-0.2, -0.15) is 0 Å². The van der Waals surface area contributed by atoms with Gasteiger partial charge in [0, 0.05) is 6.04 Å². The van der Waals surface area contributed by atoms with E-state index >= 15 is 0 Å². The van der Waals surface area contributed by atoms with Gasteiger partial charge >= 0.3 is 0 Å². The molecule has 0 saturated carbocycles. The Hall–Kier alpha value is -2.04. The lowest BCUT2D eigenvalue weighted by Gasteiger charge is -2.34. The third kappa shape index (κ3) is 2.86. The van der Waals surface area contributed by atoms with Gasteiger partial charge in [-0.15, -0.1) is 0 Å². The molecule has 0 fully saturated rings. The Kier molecular flexibility index (Phi) is 4.50. The average Bonchev–Trinajstić information content (AvgIpc) is 2.54. The number of ether oxygens (including phenoxy) is 2. The minimum Gasteiger partial charge on any atom is -0.497 e. The molecule has 2 rings (SSSR count). The van der Waals surface area contributed by atoms with Gasteiger partial charge in [0.2, 0.25) is 0 Å². The van der Waals surface area contributed by atoms with Crippen LogP contribution in [-0.4, -0.2) is 20.3 Å². The predicted molar refractivity (Wildman–Crippen MR) is 84.6 cm³/mol. The predicted octanol–water partition coefficient (Wildman–Crippen LogP) is 2.25. The van der Waals surface area contributed by atoms with Crippen molar-refractivity contribution >= 4 is 0 Å². The van der Waals surface area contributed by atoms with Crippen molar-refractivity contribution in [1.82, 2.24) is 0 Å². The van der Waals surface area contributed by atoms with Crippen molar-refractivity contribution in [2.45, 2.75) is 18.5 Å². The van der Waals surface area contributed by atoms with Crippen molar-refractivity contribution in [2.75, 3.05) is 14.2 Å². The zero-order valence-electron chi connectivity index (χ0n) is 12.7. The maximum absolute atomic E-state index is 6.66. The van der Waals surface area contributed by atoms with E-state index in [-0.39, 0.29) is 6.04 Å². The lowest BCUT2D eigenvalue weighted by atomic mass is 9.78. The van der Waals surface area contributed by atoms with E-state index in [4.69, 9.17) is 20.9 Å². The SMILES string of the molecule is COc1ccc(C(N)(c2ccc(OC)cc2)[C@H](C)N)cc1. The summed E-state index contributed by atoms with van der Waals surface area (Å²) in [4.78, 5) is 0. The highest BCUT2D eigenvalue weighted by Gasteiger charge is 2.33. The number of benzene rings is 2. The summed E-state index contributed by atoms with van der Waals surface area (Å²) in [5, 5.41) is 0. The van der Waals surface area contributed by atoms with Gasteiger partial charge in [0.1, 0.15) is 11.5 Å². The maximum atomic E-state index is 6.66. The molecule has 0 heterocycles. The van der Waals surface area contributed by atoms with Crippen molar-refractivity contribution in [2.24, 2.45) is 11.5 Å². The van der Waals surface area contributed by atoms with Crippen LogP contribution in [0.4, 0.5) is 0 Å². The summed E-state index contributed by atoms with van der Waals surface area (Å²) in [6.07, 6.45) is 0. The number of rotatable bonds is 5. The van der Waals surface area contributed by atoms with E-state index in [1.54, 1.807) is 14.2 Å². The monoisotopic (exact) mass is 286 g/mol. The third-order valence-corrected chi connectivity index (χ3v) is 3.85. The van der Waals surface area contributed by atoms with Gasteiger partial charge in [0.05, 0.1) is 19.8 Å².